The van der Waals surface area contributed by atoms with E-state index < -0.39 is 0 Å². The average Bonchev–Trinajstić information content (AvgIpc) is 2.49. The second-order valence-electron chi connectivity index (χ2n) is 4.67. The van der Waals surface area contributed by atoms with Gasteiger partial charge >= 0.3 is 0 Å². The van der Waals surface area contributed by atoms with Gasteiger partial charge in [0.05, 0.1) is 5.69 Å². The summed E-state index contributed by atoms with van der Waals surface area (Å²) in [4.78, 5) is 4.62. The lowest BCUT2D eigenvalue weighted by molar-refractivity contribution is -0.671. The van der Waals surface area contributed by atoms with Gasteiger partial charge in [0.2, 0.25) is 0 Å². The van der Waals surface area contributed by atoms with Crippen molar-refractivity contribution in [2.75, 3.05) is 0 Å². The van der Waals surface area contributed by atoms with Crippen LogP contribution >= 0.6 is 15.9 Å². The molecule has 2 nitrogen and oxygen atoms in total. The molecule has 0 aliphatic rings. The molecule has 0 radical (unpaired) electrons. The number of aromatic nitrogens is 1. The molecule has 0 unspecified atom stereocenters. The Bertz CT molecular complexity index is 777. The number of nitrogens with zero attached hydrogens (tertiary/aromatic N) is 2. The van der Waals surface area contributed by atoms with Crippen LogP contribution in [0.1, 0.15) is 5.56 Å². The van der Waals surface area contributed by atoms with E-state index in [1.807, 2.05) is 66.6 Å². The molecule has 0 bridgehead atoms. The third kappa shape index (κ3) is 2.63. The minimum Gasteiger partial charge on any atom is -0.256 e. The molecule has 0 spiro atoms. The molecule has 1 heterocycles. The molecule has 2 aromatic carbocycles. The van der Waals surface area contributed by atoms with Gasteiger partial charge in [0.25, 0.3) is 0 Å². The highest BCUT2D eigenvalue weighted by Gasteiger charge is 2.02. The molecular formula is C17H14BrN2+. The molecule has 3 aromatic rings. The predicted octanol–water partition coefficient (Wildman–Crippen LogP) is 4.18. The van der Waals surface area contributed by atoms with Gasteiger partial charge in [-0.15, -0.1) is 0 Å². The molecule has 0 atom stereocenters. The summed E-state index contributed by atoms with van der Waals surface area (Å²) < 4.78 is 3.10. The van der Waals surface area contributed by atoms with Crippen molar-refractivity contribution in [3.05, 3.63) is 71.0 Å². The van der Waals surface area contributed by atoms with Crippen molar-refractivity contribution in [2.24, 2.45) is 12.0 Å². The second kappa shape index (κ2) is 5.55. The fourth-order valence-electron chi connectivity index (χ4n) is 2.10. The first-order valence-corrected chi connectivity index (χ1v) is 7.20. The van der Waals surface area contributed by atoms with Crippen molar-refractivity contribution in [3.63, 3.8) is 0 Å². The van der Waals surface area contributed by atoms with Gasteiger partial charge in [0.1, 0.15) is 7.05 Å². The molecule has 0 N–H and O–H groups in total. The van der Waals surface area contributed by atoms with Crippen LogP contribution in [0.2, 0.25) is 0 Å². The van der Waals surface area contributed by atoms with E-state index in [9.17, 15) is 0 Å². The maximum absolute atomic E-state index is 4.62. The van der Waals surface area contributed by atoms with E-state index in [4.69, 9.17) is 0 Å². The van der Waals surface area contributed by atoms with Crippen LogP contribution in [0.4, 0.5) is 5.69 Å². The van der Waals surface area contributed by atoms with Crippen LogP contribution < -0.4 is 4.57 Å². The molecule has 3 rings (SSSR count). The fourth-order valence-corrected chi connectivity index (χ4v) is 2.58. The Labute approximate surface area is 126 Å². The van der Waals surface area contributed by atoms with E-state index in [0.29, 0.717) is 0 Å². The number of hydrogen-bond acceptors (Lipinski definition) is 1. The maximum atomic E-state index is 4.62. The molecule has 0 aliphatic carbocycles. The summed E-state index contributed by atoms with van der Waals surface area (Å²) in [5.74, 6) is 0. The van der Waals surface area contributed by atoms with Crippen molar-refractivity contribution in [2.45, 2.75) is 0 Å². The van der Waals surface area contributed by atoms with E-state index in [1.165, 1.54) is 5.39 Å². The highest BCUT2D eigenvalue weighted by atomic mass is 79.9. The van der Waals surface area contributed by atoms with Crippen LogP contribution in [0.3, 0.4) is 0 Å². The summed E-state index contributed by atoms with van der Waals surface area (Å²) >= 11 is 3.58. The summed E-state index contributed by atoms with van der Waals surface area (Å²) in [7, 11) is 2.00. The number of halogens is 1. The normalized spacial score (nSPS) is 11.3. The van der Waals surface area contributed by atoms with Gasteiger partial charge in [-0.25, -0.2) is 4.57 Å². The van der Waals surface area contributed by atoms with E-state index in [-0.39, 0.29) is 0 Å². The van der Waals surface area contributed by atoms with Crippen molar-refractivity contribution < 1.29 is 4.57 Å². The number of rotatable bonds is 2. The highest BCUT2D eigenvalue weighted by molar-refractivity contribution is 9.10. The zero-order valence-electron chi connectivity index (χ0n) is 11.1. The van der Waals surface area contributed by atoms with E-state index >= 15 is 0 Å². The monoisotopic (exact) mass is 325 g/mol. The Hall–Kier alpha value is -2.00. The summed E-state index contributed by atoms with van der Waals surface area (Å²) in [6.07, 6.45) is 5.93. The minimum atomic E-state index is 0.983. The number of fused-ring (bicyclic) bond motifs is 1. The summed E-state index contributed by atoms with van der Waals surface area (Å²) in [5, 5.41) is 2.33. The Kier molecular flexibility index (Phi) is 3.61. The number of aryl methyl sites for hydroxylation is 1. The van der Waals surface area contributed by atoms with Gasteiger partial charge in [-0.3, -0.25) is 4.99 Å². The summed E-state index contributed by atoms with van der Waals surface area (Å²) in [6.45, 7) is 0. The minimum absolute atomic E-state index is 0.983. The SMILES string of the molecule is C[n+]1ccc(C=Nc2ccc(Br)c3ccccc23)cc1. The van der Waals surface area contributed by atoms with Gasteiger partial charge in [-0.05, 0) is 17.5 Å². The summed E-state index contributed by atoms with van der Waals surface area (Å²) in [5.41, 5.74) is 2.08. The predicted molar refractivity (Wildman–Crippen MR) is 86.5 cm³/mol. The molecular weight excluding hydrogens is 312 g/mol. The van der Waals surface area contributed by atoms with Gasteiger partial charge < -0.3 is 0 Å². The Morgan fingerprint density at radius 3 is 2.40 bits per heavy atom. The smallest absolute Gasteiger partial charge is 0.169 e. The van der Waals surface area contributed by atoms with Crippen LogP contribution in [0, 0.1) is 0 Å². The second-order valence-corrected chi connectivity index (χ2v) is 5.52. The van der Waals surface area contributed by atoms with Crippen LogP contribution in [-0.4, -0.2) is 6.21 Å². The zero-order chi connectivity index (χ0) is 13.9. The van der Waals surface area contributed by atoms with Crippen molar-refractivity contribution in [1.29, 1.82) is 0 Å². The molecule has 20 heavy (non-hydrogen) atoms. The van der Waals surface area contributed by atoms with Gasteiger partial charge in [-0.2, -0.15) is 0 Å². The molecule has 3 heteroatoms. The van der Waals surface area contributed by atoms with Gasteiger partial charge in [0.15, 0.2) is 12.4 Å². The Morgan fingerprint density at radius 1 is 0.950 bits per heavy atom. The van der Waals surface area contributed by atoms with Crippen LogP contribution in [0.5, 0.6) is 0 Å². The lowest BCUT2D eigenvalue weighted by Gasteiger charge is -2.03. The highest BCUT2D eigenvalue weighted by Crippen LogP contribution is 2.31. The van der Waals surface area contributed by atoms with E-state index in [1.54, 1.807) is 0 Å². The van der Waals surface area contributed by atoms with Crippen LogP contribution in [0.25, 0.3) is 10.8 Å². The molecule has 0 aliphatic heterocycles. The largest absolute Gasteiger partial charge is 0.256 e. The first-order chi connectivity index (χ1) is 9.74. The van der Waals surface area contributed by atoms with Crippen LogP contribution in [0.15, 0.2) is 70.4 Å². The third-order valence-electron chi connectivity index (χ3n) is 3.20. The molecule has 98 valence electrons. The number of pyridine rings is 1. The summed E-state index contributed by atoms with van der Waals surface area (Å²) in [6, 6.07) is 16.4. The molecule has 0 saturated heterocycles. The lowest BCUT2D eigenvalue weighted by Crippen LogP contribution is -2.25. The quantitative estimate of drug-likeness (QED) is 0.496. The molecule has 0 fully saturated rings. The Balaban J connectivity index is 2.03. The van der Waals surface area contributed by atoms with Gasteiger partial charge in [0, 0.05) is 33.8 Å². The average molecular weight is 326 g/mol. The Morgan fingerprint density at radius 2 is 1.65 bits per heavy atom. The number of aliphatic imine (C=N–C) groups is 1. The first kappa shape index (κ1) is 13.0. The molecule has 0 saturated carbocycles. The number of hydrogen-bond donors (Lipinski definition) is 0. The lowest BCUT2D eigenvalue weighted by atomic mass is 10.1. The topological polar surface area (TPSA) is 16.2 Å². The first-order valence-electron chi connectivity index (χ1n) is 6.41. The molecule has 1 aromatic heterocycles. The van der Waals surface area contributed by atoms with Crippen LogP contribution in [-0.2, 0) is 7.05 Å². The van der Waals surface area contributed by atoms with Crippen molar-refractivity contribution >= 4 is 38.6 Å². The van der Waals surface area contributed by atoms with Gasteiger partial charge in [-0.1, -0.05) is 40.2 Å². The zero-order valence-corrected chi connectivity index (χ0v) is 12.7. The number of benzene rings is 2. The third-order valence-corrected chi connectivity index (χ3v) is 3.90. The standard InChI is InChI=1S/C17H14BrN2/c1-20-10-8-13(9-11-20)12-19-17-7-6-16(18)14-4-2-3-5-15(14)17/h2-12H,1H3/q+1. The van der Waals surface area contributed by atoms with Crippen molar-refractivity contribution in [1.82, 2.24) is 0 Å². The fraction of sp³-hybridized carbons (Fsp3) is 0.0588. The van der Waals surface area contributed by atoms with E-state index in [0.717, 1.165) is 21.1 Å². The van der Waals surface area contributed by atoms with Crippen molar-refractivity contribution in [3.8, 4) is 0 Å². The van der Waals surface area contributed by atoms with E-state index in [2.05, 4.69) is 33.1 Å². The molecule has 0 amide bonds. The maximum Gasteiger partial charge on any atom is 0.169 e.